The largest absolute Gasteiger partial charge is 0.496 e. The molecule has 0 radical (unpaired) electrons. The Bertz CT molecular complexity index is 1010. The molecule has 2 aromatic carbocycles. The minimum atomic E-state index is -0.313. The van der Waals surface area contributed by atoms with Crippen LogP contribution in [-0.4, -0.2) is 59.9 Å². The fourth-order valence-corrected chi connectivity index (χ4v) is 4.79. The van der Waals surface area contributed by atoms with Gasteiger partial charge in [-0.3, -0.25) is 14.4 Å². The van der Waals surface area contributed by atoms with Gasteiger partial charge >= 0.3 is 0 Å². The Kier molecular flexibility index (Phi) is 7.12. The lowest BCUT2D eigenvalue weighted by atomic mass is 9.89. The number of likely N-dealkylation sites (tertiary alicyclic amines) is 2. The van der Waals surface area contributed by atoms with Crippen LogP contribution in [0.2, 0.25) is 0 Å². The highest BCUT2D eigenvalue weighted by molar-refractivity contribution is 5.95. The van der Waals surface area contributed by atoms with Gasteiger partial charge in [-0.25, -0.2) is 4.39 Å². The van der Waals surface area contributed by atoms with Crippen LogP contribution in [0.3, 0.4) is 0 Å². The quantitative estimate of drug-likeness (QED) is 0.738. The SMILES string of the molecule is COc1cc(C(=O)N2C[C@@H]3CN(C(C)=O)[C@@H](c4cccc(F)c4)[C@@H]3C2)ccc1C.O=CO. The van der Waals surface area contributed by atoms with E-state index < -0.39 is 0 Å². The number of carboxylic acid groups (broad SMARTS) is 1. The number of methoxy groups -OCH3 is 1. The lowest BCUT2D eigenvalue weighted by Gasteiger charge is -2.29. The third-order valence-corrected chi connectivity index (χ3v) is 6.20. The van der Waals surface area contributed by atoms with Gasteiger partial charge in [-0.05, 0) is 42.3 Å². The van der Waals surface area contributed by atoms with Gasteiger partial charge in [-0.2, -0.15) is 0 Å². The lowest BCUT2D eigenvalue weighted by Crippen LogP contribution is -2.36. The summed E-state index contributed by atoms with van der Waals surface area (Å²) in [7, 11) is 1.59. The van der Waals surface area contributed by atoms with Crippen LogP contribution < -0.4 is 4.74 Å². The number of amides is 2. The van der Waals surface area contributed by atoms with Gasteiger partial charge in [0, 0.05) is 44.0 Å². The maximum Gasteiger partial charge on any atom is 0.290 e. The first-order chi connectivity index (χ1) is 15.3. The van der Waals surface area contributed by atoms with Crippen molar-refractivity contribution in [3.05, 3.63) is 65.0 Å². The molecule has 0 bridgehead atoms. The second-order valence-corrected chi connectivity index (χ2v) is 8.10. The smallest absolute Gasteiger partial charge is 0.290 e. The van der Waals surface area contributed by atoms with Gasteiger partial charge in [0.2, 0.25) is 5.91 Å². The number of rotatable bonds is 3. The molecular weight excluding hydrogens is 415 g/mol. The van der Waals surface area contributed by atoms with Crippen molar-refractivity contribution in [2.45, 2.75) is 19.9 Å². The van der Waals surface area contributed by atoms with E-state index in [1.165, 1.54) is 12.1 Å². The number of ether oxygens (including phenoxy) is 1. The van der Waals surface area contributed by atoms with Crippen LogP contribution in [0.4, 0.5) is 4.39 Å². The fraction of sp³-hybridized carbons (Fsp3) is 0.375. The van der Waals surface area contributed by atoms with Crippen molar-refractivity contribution in [3.63, 3.8) is 0 Å². The molecule has 7 nitrogen and oxygen atoms in total. The van der Waals surface area contributed by atoms with Crippen molar-refractivity contribution in [1.29, 1.82) is 0 Å². The Morgan fingerprint density at radius 2 is 1.88 bits per heavy atom. The predicted octanol–water partition coefficient (Wildman–Crippen LogP) is 3.14. The molecule has 2 aliphatic rings. The molecule has 2 saturated heterocycles. The van der Waals surface area contributed by atoms with Crippen molar-refractivity contribution in [3.8, 4) is 5.75 Å². The molecule has 0 saturated carbocycles. The summed E-state index contributed by atoms with van der Waals surface area (Å²) in [4.78, 5) is 37.4. The van der Waals surface area contributed by atoms with Crippen LogP contribution in [0.5, 0.6) is 5.75 Å². The predicted molar refractivity (Wildman–Crippen MR) is 116 cm³/mol. The van der Waals surface area contributed by atoms with Crippen LogP contribution in [0.15, 0.2) is 42.5 Å². The van der Waals surface area contributed by atoms with Gasteiger partial charge in [0.25, 0.3) is 12.4 Å². The maximum absolute atomic E-state index is 13.8. The van der Waals surface area contributed by atoms with Gasteiger partial charge in [0.15, 0.2) is 0 Å². The van der Waals surface area contributed by atoms with Crippen molar-refractivity contribution in [1.82, 2.24) is 9.80 Å². The van der Waals surface area contributed by atoms with E-state index in [2.05, 4.69) is 0 Å². The molecule has 0 aliphatic carbocycles. The highest BCUT2D eigenvalue weighted by Crippen LogP contribution is 2.45. The van der Waals surface area contributed by atoms with Gasteiger partial charge in [0.1, 0.15) is 11.6 Å². The molecule has 2 aromatic rings. The Balaban J connectivity index is 0.000000913. The van der Waals surface area contributed by atoms with E-state index >= 15 is 0 Å². The zero-order chi connectivity index (χ0) is 23.4. The molecule has 170 valence electrons. The summed E-state index contributed by atoms with van der Waals surface area (Å²) in [6, 6.07) is 11.7. The number of carbonyl (C=O) groups excluding carboxylic acids is 2. The molecule has 2 amide bonds. The number of aryl methyl sites for hydroxylation is 1. The monoisotopic (exact) mass is 442 g/mol. The molecule has 2 aliphatic heterocycles. The first-order valence-corrected chi connectivity index (χ1v) is 10.3. The average Bonchev–Trinajstić information content (AvgIpc) is 3.32. The van der Waals surface area contributed by atoms with Crippen molar-refractivity contribution in [2.75, 3.05) is 26.7 Å². The molecular formula is C24H27FN2O5. The van der Waals surface area contributed by atoms with Gasteiger partial charge < -0.3 is 19.6 Å². The number of benzene rings is 2. The molecule has 2 fully saturated rings. The van der Waals surface area contributed by atoms with Crippen LogP contribution in [0.1, 0.15) is 34.5 Å². The molecule has 0 unspecified atom stereocenters. The fourth-order valence-electron chi connectivity index (χ4n) is 4.79. The normalized spacial score (nSPS) is 21.4. The zero-order valence-corrected chi connectivity index (χ0v) is 18.3. The number of carbonyl (C=O) groups is 3. The third kappa shape index (κ3) is 4.59. The standard InChI is InChI=1S/C23H25FN2O3.CH2O2/c1-14-7-8-17(10-21(14)29-3)23(28)25-11-18-12-26(15(2)27)22(20(18)13-25)16-5-4-6-19(24)9-16;2-1-3/h4-10,18,20,22H,11-13H2,1-3H3;1H,(H,2,3)/t18-,20-,22+;/m1./s1. The van der Waals surface area contributed by atoms with Crippen LogP contribution in [-0.2, 0) is 9.59 Å². The Labute approximate surface area is 186 Å². The van der Waals surface area contributed by atoms with E-state index in [0.717, 1.165) is 11.1 Å². The summed E-state index contributed by atoms with van der Waals surface area (Å²) in [6.07, 6.45) is 0. The Morgan fingerprint density at radius 1 is 1.16 bits per heavy atom. The van der Waals surface area contributed by atoms with Gasteiger partial charge in [-0.15, -0.1) is 0 Å². The molecule has 0 spiro atoms. The van der Waals surface area contributed by atoms with Gasteiger partial charge in [-0.1, -0.05) is 18.2 Å². The van der Waals surface area contributed by atoms with Crippen LogP contribution in [0.25, 0.3) is 0 Å². The molecule has 4 rings (SSSR count). The summed E-state index contributed by atoms with van der Waals surface area (Å²) in [5.74, 6) is 0.600. The van der Waals surface area contributed by atoms with Crippen LogP contribution in [0, 0.1) is 24.6 Å². The molecule has 2 heterocycles. The van der Waals surface area contributed by atoms with Crippen molar-refractivity contribution >= 4 is 18.3 Å². The summed E-state index contributed by atoms with van der Waals surface area (Å²) in [5, 5.41) is 6.89. The highest BCUT2D eigenvalue weighted by atomic mass is 19.1. The lowest BCUT2D eigenvalue weighted by molar-refractivity contribution is -0.130. The second kappa shape index (κ2) is 9.80. The summed E-state index contributed by atoms with van der Waals surface area (Å²) in [6.45, 7) is 4.96. The number of halogens is 1. The molecule has 3 atom stereocenters. The molecule has 32 heavy (non-hydrogen) atoms. The highest BCUT2D eigenvalue weighted by Gasteiger charge is 2.49. The van der Waals surface area contributed by atoms with E-state index in [1.807, 2.05) is 34.9 Å². The summed E-state index contributed by atoms with van der Waals surface area (Å²) < 4.78 is 19.2. The molecule has 0 aromatic heterocycles. The Hall–Kier alpha value is -3.42. The Morgan fingerprint density at radius 3 is 2.50 bits per heavy atom. The van der Waals surface area contributed by atoms with E-state index in [9.17, 15) is 14.0 Å². The number of nitrogens with zero attached hydrogens (tertiary/aromatic N) is 2. The van der Waals surface area contributed by atoms with Crippen LogP contribution >= 0.6 is 0 Å². The maximum atomic E-state index is 13.8. The van der Waals surface area contributed by atoms with Gasteiger partial charge in [0.05, 0.1) is 13.2 Å². The second-order valence-electron chi connectivity index (χ2n) is 8.10. The number of hydrogen-bond donors (Lipinski definition) is 1. The van der Waals surface area contributed by atoms with E-state index in [-0.39, 0.29) is 42.0 Å². The van der Waals surface area contributed by atoms with E-state index in [4.69, 9.17) is 14.6 Å². The first kappa shape index (κ1) is 23.2. The first-order valence-electron chi connectivity index (χ1n) is 10.3. The average molecular weight is 442 g/mol. The van der Waals surface area contributed by atoms with Crippen molar-refractivity contribution < 1.29 is 28.6 Å². The summed E-state index contributed by atoms with van der Waals surface area (Å²) >= 11 is 0. The number of hydrogen-bond acceptors (Lipinski definition) is 4. The molecule has 8 heteroatoms. The topological polar surface area (TPSA) is 87.2 Å². The van der Waals surface area contributed by atoms with E-state index in [1.54, 1.807) is 26.2 Å². The third-order valence-electron chi connectivity index (χ3n) is 6.20. The minimum Gasteiger partial charge on any atom is -0.496 e. The van der Waals surface area contributed by atoms with Crippen molar-refractivity contribution in [2.24, 2.45) is 11.8 Å². The van der Waals surface area contributed by atoms with E-state index in [0.29, 0.717) is 30.9 Å². The molecule has 1 N–H and O–H groups in total. The summed E-state index contributed by atoms with van der Waals surface area (Å²) in [5.41, 5.74) is 2.36. The zero-order valence-electron chi connectivity index (χ0n) is 18.3. The minimum absolute atomic E-state index is 0.0187. The number of fused-ring (bicyclic) bond motifs is 1.